The minimum Gasteiger partial charge on any atom is -0.396 e. The maximum atomic E-state index is 9.01. The normalized spacial score (nSPS) is 28.6. The van der Waals surface area contributed by atoms with Crippen LogP contribution in [-0.2, 0) is 0 Å². The topological polar surface area (TPSA) is 32.3 Å². The predicted molar refractivity (Wildman–Crippen MR) is 60.2 cm³/mol. The molecular formula is C12H23NO. The third-order valence-electron chi connectivity index (χ3n) is 3.08. The van der Waals surface area contributed by atoms with E-state index in [1.54, 1.807) is 0 Å². The van der Waals surface area contributed by atoms with Gasteiger partial charge in [0.05, 0.1) is 0 Å². The van der Waals surface area contributed by atoms with Gasteiger partial charge in [-0.2, -0.15) is 0 Å². The zero-order valence-corrected chi connectivity index (χ0v) is 9.53. The Bertz CT molecular complexity index is 189. The molecule has 1 rings (SSSR count). The van der Waals surface area contributed by atoms with Crippen LogP contribution in [0, 0.1) is 11.8 Å². The summed E-state index contributed by atoms with van der Waals surface area (Å²) in [5, 5.41) is 12.6. The molecule has 0 bridgehead atoms. The minimum atomic E-state index is 0.285. The number of hydrogen-bond acceptors (Lipinski definition) is 2. The minimum absolute atomic E-state index is 0.285. The number of rotatable bonds is 5. The van der Waals surface area contributed by atoms with Crippen molar-refractivity contribution in [2.24, 2.45) is 11.8 Å². The SMILES string of the molecule is CCC(N[C@@H]1C=C[C@H](CO)C1)C(C)C. The van der Waals surface area contributed by atoms with Gasteiger partial charge in [0.1, 0.15) is 0 Å². The van der Waals surface area contributed by atoms with E-state index in [-0.39, 0.29) is 6.61 Å². The first kappa shape index (κ1) is 11.7. The largest absolute Gasteiger partial charge is 0.396 e. The second-order valence-electron chi connectivity index (χ2n) is 4.60. The van der Waals surface area contributed by atoms with Crippen molar-refractivity contribution in [3.8, 4) is 0 Å². The molecule has 0 aliphatic heterocycles. The van der Waals surface area contributed by atoms with Crippen LogP contribution in [0.15, 0.2) is 12.2 Å². The molecule has 0 heterocycles. The average Bonchev–Trinajstić information content (AvgIpc) is 2.61. The summed E-state index contributed by atoms with van der Waals surface area (Å²) in [5.74, 6) is 1.05. The molecule has 1 aliphatic carbocycles. The van der Waals surface area contributed by atoms with Crippen LogP contribution in [0.3, 0.4) is 0 Å². The summed E-state index contributed by atoms with van der Waals surface area (Å²) in [4.78, 5) is 0. The van der Waals surface area contributed by atoms with Crippen molar-refractivity contribution >= 4 is 0 Å². The average molecular weight is 197 g/mol. The fraction of sp³-hybridized carbons (Fsp3) is 0.833. The van der Waals surface area contributed by atoms with E-state index in [9.17, 15) is 0 Å². The van der Waals surface area contributed by atoms with Gasteiger partial charge >= 0.3 is 0 Å². The molecule has 0 aromatic rings. The first-order valence-corrected chi connectivity index (χ1v) is 5.72. The van der Waals surface area contributed by atoms with Crippen molar-refractivity contribution in [2.45, 2.75) is 45.7 Å². The highest BCUT2D eigenvalue weighted by atomic mass is 16.3. The zero-order chi connectivity index (χ0) is 10.6. The van der Waals surface area contributed by atoms with Gasteiger partial charge in [0.25, 0.3) is 0 Å². The molecular weight excluding hydrogens is 174 g/mol. The number of nitrogens with one attached hydrogen (secondary N) is 1. The lowest BCUT2D eigenvalue weighted by Gasteiger charge is -2.24. The predicted octanol–water partition coefficient (Wildman–Crippen LogP) is 1.95. The van der Waals surface area contributed by atoms with E-state index in [2.05, 4.69) is 38.2 Å². The van der Waals surface area contributed by atoms with Gasteiger partial charge in [-0.25, -0.2) is 0 Å². The highest BCUT2D eigenvalue weighted by molar-refractivity contribution is 5.06. The van der Waals surface area contributed by atoms with Crippen LogP contribution >= 0.6 is 0 Å². The first-order valence-electron chi connectivity index (χ1n) is 5.72. The molecule has 2 N–H and O–H groups in total. The van der Waals surface area contributed by atoms with E-state index < -0.39 is 0 Å². The molecule has 14 heavy (non-hydrogen) atoms. The molecule has 0 radical (unpaired) electrons. The molecule has 2 heteroatoms. The van der Waals surface area contributed by atoms with E-state index in [4.69, 9.17) is 5.11 Å². The maximum absolute atomic E-state index is 9.01. The van der Waals surface area contributed by atoms with Gasteiger partial charge in [-0.15, -0.1) is 0 Å². The van der Waals surface area contributed by atoms with Crippen molar-refractivity contribution < 1.29 is 5.11 Å². The Hall–Kier alpha value is -0.340. The standard InChI is InChI=1S/C12H23NO/c1-4-12(9(2)3)13-11-6-5-10(7-11)8-14/h5-6,9-14H,4,7-8H2,1-3H3/t10-,11+,12?/m0/s1. The summed E-state index contributed by atoms with van der Waals surface area (Å²) in [6.45, 7) is 7.01. The van der Waals surface area contributed by atoms with E-state index >= 15 is 0 Å². The van der Waals surface area contributed by atoms with E-state index in [1.807, 2.05) is 0 Å². The molecule has 0 saturated heterocycles. The fourth-order valence-electron chi connectivity index (χ4n) is 2.09. The Kier molecular flexibility index (Phi) is 4.63. The molecule has 3 atom stereocenters. The third-order valence-corrected chi connectivity index (χ3v) is 3.08. The lowest BCUT2D eigenvalue weighted by atomic mass is 10.00. The fourth-order valence-corrected chi connectivity index (χ4v) is 2.09. The van der Waals surface area contributed by atoms with Gasteiger partial charge < -0.3 is 10.4 Å². The molecule has 0 saturated carbocycles. The van der Waals surface area contributed by atoms with Gasteiger partial charge in [0, 0.05) is 24.6 Å². The molecule has 0 aromatic heterocycles. The molecule has 2 nitrogen and oxygen atoms in total. The van der Waals surface area contributed by atoms with Crippen LogP contribution in [0.1, 0.15) is 33.6 Å². The van der Waals surface area contributed by atoms with Crippen LogP contribution in [0.5, 0.6) is 0 Å². The number of aliphatic hydroxyl groups excluding tert-OH is 1. The summed E-state index contributed by atoms with van der Waals surface area (Å²) in [6.07, 6.45) is 6.56. The van der Waals surface area contributed by atoms with Crippen molar-refractivity contribution in [3.63, 3.8) is 0 Å². The summed E-state index contributed by atoms with van der Waals surface area (Å²) in [5.41, 5.74) is 0. The molecule has 0 fully saturated rings. The maximum Gasteiger partial charge on any atom is 0.0494 e. The highest BCUT2D eigenvalue weighted by Crippen LogP contribution is 2.19. The van der Waals surface area contributed by atoms with Crippen LogP contribution in [0.25, 0.3) is 0 Å². The molecule has 0 amide bonds. The highest BCUT2D eigenvalue weighted by Gasteiger charge is 2.21. The Balaban J connectivity index is 2.35. The summed E-state index contributed by atoms with van der Waals surface area (Å²) in [6, 6.07) is 1.07. The van der Waals surface area contributed by atoms with E-state index in [0.717, 1.165) is 6.42 Å². The van der Waals surface area contributed by atoms with Crippen LogP contribution in [0.2, 0.25) is 0 Å². The molecule has 1 unspecified atom stereocenters. The summed E-state index contributed by atoms with van der Waals surface area (Å²) < 4.78 is 0. The smallest absolute Gasteiger partial charge is 0.0494 e. The van der Waals surface area contributed by atoms with Gasteiger partial charge in [0.2, 0.25) is 0 Å². The van der Waals surface area contributed by atoms with E-state index in [0.29, 0.717) is 23.9 Å². The Morgan fingerprint density at radius 2 is 2.14 bits per heavy atom. The van der Waals surface area contributed by atoms with Crippen molar-refractivity contribution in [3.05, 3.63) is 12.2 Å². The van der Waals surface area contributed by atoms with Crippen LogP contribution < -0.4 is 5.32 Å². The molecule has 0 spiro atoms. The van der Waals surface area contributed by atoms with Crippen molar-refractivity contribution in [1.82, 2.24) is 5.32 Å². The summed E-state index contributed by atoms with van der Waals surface area (Å²) >= 11 is 0. The Morgan fingerprint density at radius 3 is 2.57 bits per heavy atom. The second-order valence-corrected chi connectivity index (χ2v) is 4.60. The zero-order valence-electron chi connectivity index (χ0n) is 9.53. The number of aliphatic hydroxyl groups is 1. The van der Waals surface area contributed by atoms with Gasteiger partial charge in [-0.05, 0) is 18.8 Å². The first-order chi connectivity index (χ1) is 6.67. The second kappa shape index (κ2) is 5.52. The molecule has 82 valence electrons. The van der Waals surface area contributed by atoms with Gasteiger partial charge in [-0.1, -0.05) is 32.9 Å². The van der Waals surface area contributed by atoms with E-state index in [1.165, 1.54) is 6.42 Å². The Morgan fingerprint density at radius 1 is 1.43 bits per heavy atom. The lowest BCUT2D eigenvalue weighted by molar-refractivity contribution is 0.242. The van der Waals surface area contributed by atoms with Crippen molar-refractivity contribution in [2.75, 3.05) is 6.61 Å². The Labute approximate surface area is 87.4 Å². The van der Waals surface area contributed by atoms with Crippen molar-refractivity contribution in [1.29, 1.82) is 0 Å². The molecule has 1 aliphatic rings. The quantitative estimate of drug-likeness (QED) is 0.660. The lowest BCUT2D eigenvalue weighted by Crippen LogP contribution is -2.39. The van der Waals surface area contributed by atoms with Crippen LogP contribution in [0.4, 0.5) is 0 Å². The number of hydrogen-bond donors (Lipinski definition) is 2. The summed E-state index contributed by atoms with van der Waals surface area (Å²) in [7, 11) is 0. The van der Waals surface area contributed by atoms with Gasteiger partial charge in [0.15, 0.2) is 0 Å². The molecule has 0 aromatic carbocycles. The third kappa shape index (κ3) is 3.10. The monoisotopic (exact) mass is 197 g/mol. The van der Waals surface area contributed by atoms with Gasteiger partial charge in [-0.3, -0.25) is 0 Å². The van der Waals surface area contributed by atoms with Crippen LogP contribution in [-0.4, -0.2) is 23.8 Å².